The van der Waals surface area contributed by atoms with Gasteiger partial charge in [0.05, 0.1) is 10.8 Å². The first-order valence-electron chi connectivity index (χ1n) is 6.95. The number of fused-ring (bicyclic) bond motifs is 1. The summed E-state index contributed by atoms with van der Waals surface area (Å²) in [6.07, 6.45) is 2.92. The highest BCUT2D eigenvalue weighted by atomic mass is 32.2. The third kappa shape index (κ3) is 2.13. The molecule has 2 aliphatic rings. The highest BCUT2D eigenvalue weighted by Crippen LogP contribution is 2.34. The highest BCUT2D eigenvalue weighted by molar-refractivity contribution is 7.89. The van der Waals surface area contributed by atoms with Crippen molar-refractivity contribution in [3.8, 4) is 0 Å². The number of hydrogen-bond donors (Lipinski definition) is 1. The zero-order valence-electron chi connectivity index (χ0n) is 11.4. The Kier molecular flexibility index (Phi) is 3.30. The summed E-state index contributed by atoms with van der Waals surface area (Å²) in [7, 11) is -3.43. The molecular formula is C14H18N2O3S. The summed E-state index contributed by atoms with van der Waals surface area (Å²) in [6.45, 7) is 2.97. The van der Waals surface area contributed by atoms with Gasteiger partial charge in [0, 0.05) is 18.8 Å². The quantitative estimate of drug-likeness (QED) is 0.906. The van der Waals surface area contributed by atoms with E-state index in [0.717, 1.165) is 30.5 Å². The van der Waals surface area contributed by atoms with Gasteiger partial charge in [0.25, 0.3) is 0 Å². The van der Waals surface area contributed by atoms with Crippen molar-refractivity contribution in [1.29, 1.82) is 0 Å². The molecule has 1 saturated heterocycles. The van der Waals surface area contributed by atoms with Crippen molar-refractivity contribution in [2.75, 3.05) is 18.4 Å². The van der Waals surface area contributed by atoms with Gasteiger partial charge in [-0.3, -0.25) is 4.79 Å². The van der Waals surface area contributed by atoms with E-state index in [-0.39, 0.29) is 11.8 Å². The number of rotatable bonds is 2. The van der Waals surface area contributed by atoms with Crippen molar-refractivity contribution in [1.82, 2.24) is 4.31 Å². The molecule has 0 bridgehead atoms. The van der Waals surface area contributed by atoms with E-state index in [1.165, 1.54) is 0 Å². The number of nitrogens with one attached hydrogen (secondary N) is 1. The van der Waals surface area contributed by atoms with Crippen LogP contribution in [0.2, 0.25) is 0 Å². The number of amides is 1. The molecule has 20 heavy (non-hydrogen) atoms. The first kappa shape index (κ1) is 13.6. The Balaban J connectivity index is 1.97. The normalized spacial score (nSPS) is 23.4. The van der Waals surface area contributed by atoms with Crippen LogP contribution in [0.5, 0.6) is 0 Å². The third-order valence-corrected chi connectivity index (χ3v) is 5.99. The molecular weight excluding hydrogens is 276 g/mol. The molecule has 5 nitrogen and oxygen atoms in total. The Hall–Kier alpha value is -1.40. The number of anilines is 1. The number of carbonyl (C=O) groups excluding carboxylic acids is 1. The first-order valence-corrected chi connectivity index (χ1v) is 8.39. The van der Waals surface area contributed by atoms with Gasteiger partial charge >= 0.3 is 0 Å². The van der Waals surface area contributed by atoms with E-state index in [2.05, 4.69) is 5.32 Å². The Morgan fingerprint density at radius 3 is 2.60 bits per heavy atom. The zero-order valence-corrected chi connectivity index (χ0v) is 12.2. The van der Waals surface area contributed by atoms with Crippen LogP contribution in [0.4, 0.5) is 5.69 Å². The summed E-state index contributed by atoms with van der Waals surface area (Å²) >= 11 is 0. The van der Waals surface area contributed by atoms with E-state index in [1.54, 1.807) is 29.4 Å². The van der Waals surface area contributed by atoms with Gasteiger partial charge in [-0.25, -0.2) is 8.42 Å². The van der Waals surface area contributed by atoms with Crippen molar-refractivity contribution in [2.24, 2.45) is 0 Å². The number of piperidine rings is 1. The van der Waals surface area contributed by atoms with Gasteiger partial charge in [-0.2, -0.15) is 4.31 Å². The fraction of sp³-hybridized carbons (Fsp3) is 0.500. The molecule has 6 heteroatoms. The zero-order chi connectivity index (χ0) is 14.3. The molecule has 0 aliphatic carbocycles. The van der Waals surface area contributed by atoms with Crippen LogP contribution < -0.4 is 5.32 Å². The molecule has 1 fully saturated rings. The number of sulfonamides is 1. The standard InChI is InChI=1S/C14H18N2O3S/c1-10-12-9-11(5-6-13(12)15-14(10)17)20(18,19)16-7-3-2-4-8-16/h5-6,9-10H,2-4,7-8H2,1H3,(H,15,17). The molecule has 0 spiro atoms. The van der Waals surface area contributed by atoms with Gasteiger partial charge in [-0.05, 0) is 43.5 Å². The maximum absolute atomic E-state index is 12.6. The lowest BCUT2D eigenvalue weighted by molar-refractivity contribution is -0.116. The summed E-state index contributed by atoms with van der Waals surface area (Å²) in [6, 6.07) is 4.91. The Bertz CT molecular complexity index is 648. The van der Waals surface area contributed by atoms with Gasteiger partial charge in [0.1, 0.15) is 0 Å². The van der Waals surface area contributed by atoms with Gasteiger partial charge in [0.15, 0.2) is 0 Å². The summed E-state index contributed by atoms with van der Waals surface area (Å²) in [4.78, 5) is 11.9. The molecule has 0 saturated carbocycles. The summed E-state index contributed by atoms with van der Waals surface area (Å²) in [5.74, 6) is -0.367. The molecule has 2 heterocycles. The summed E-state index contributed by atoms with van der Waals surface area (Å²) in [5.41, 5.74) is 1.49. The monoisotopic (exact) mass is 294 g/mol. The van der Waals surface area contributed by atoms with E-state index in [4.69, 9.17) is 0 Å². The molecule has 0 radical (unpaired) electrons. The van der Waals surface area contributed by atoms with Crippen LogP contribution in [0.3, 0.4) is 0 Å². The van der Waals surface area contributed by atoms with E-state index in [0.29, 0.717) is 18.0 Å². The van der Waals surface area contributed by atoms with E-state index in [1.807, 2.05) is 0 Å². The summed E-state index contributed by atoms with van der Waals surface area (Å²) < 4.78 is 26.7. The molecule has 1 aromatic rings. The summed E-state index contributed by atoms with van der Waals surface area (Å²) in [5, 5.41) is 2.76. The fourth-order valence-electron chi connectivity index (χ4n) is 2.81. The van der Waals surface area contributed by atoms with Gasteiger partial charge in [0.2, 0.25) is 15.9 Å². The highest BCUT2D eigenvalue weighted by Gasteiger charge is 2.31. The largest absolute Gasteiger partial charge is 0.325 e. The molecule has 2 aliphatic heterocycles. The predicted molar refractivity (Wildman–Crippen MR) is 76.1 cm³/mol. The SMILES string of the molecule is CC1C(=O)Nc2ccc(S(=O)(=O)N3CCCCC3)cc21. The maximum Gasteiger partial charge on any atom is 0.243 e. The number of hydrogen-bond acceptors (Lipinski definition) is 3. The van der Waals surface area contributed by atoms with Crippen molar-refractivity contribution in [3.05, 3.63) is 23.8 Å². The van der Waals surface area contributed by atoms with Gasteiger partial charge < -0.3 is 5.32 Å². The molecule has 108 valence electrons. The number of benzene rings is 1. The van der Waals surface area contributed by atoms with E-state index in [9.17, 15) is 13.2 Å². The third-order valence-electron chi connectivity index (χ3n) is 4.09. The second-order valence-electron chi connectivity index (χ2n) is 5.42. The molecule has 1 N–H and O–H groups in total. The minimum Gasteiger partial charge on any atom is -0.325 e. The fourth-order valence-corrected chi connectivity index (χ4v) is 4.36. The Morgan fingerprint density at radius 1 is 1.20 bits per heavy atom. The van der Waals surface area contributed by atoms with Crippen LogP contribution in [0.25, 0.3) is 0 Å². The van der Waals surface area contributed by atoms with Crippen LogP contribution >= 0.6 is 0 Å². The Labute approximate surface area is 119 Å². The number of nitrogens with zero attached hydrogens (tertiary/aromatic N) is 1. The smallest absolute Gasteiger partial charge is 0.243 e. The average Bonchev–Trinajstić information content (AvgIpc) is 2.75. The number of carbonyl (C=O) groups is 1. The topological polar surface area (TPSA) is 66.5 Å². The minimum absolute atomic E-state index is 0.0764. The lowest BCUT2D eigenvalue weighted by Crippen LogP contribution is -2.35. The van der Waals surface area contributed by atoms with Crippen molar-refractivity contribution in [2.45, 2.75) is 37.0 Å². The van der Waals surface area contributed by atoms with Crippen LogP contribution in [-0.2, 0) is 14.8 Å². The molecule has 1 unspecified atom stereocenters. The van der Waals surface area contributed by atoms with Crippen LogP contribution in [0.15, 0.2) is 23.1 Å². The Morgan fingerprint density at radius 2 is 1.90 bits per heavy atom. The lowest BCUT2D eigenvalue weighted by atomic mass is 10.0. The average molecular weight is 294 g/mol. The molecule has 1 aromatic carbocycles. The van der Waals surface area contributed by atoms with Crippen molar-refractivity contribution in [3.63, 3.8) is 0 Å². The predicted octanol–water partition coefficient (Wildman–Crippen LogP) is 1.92. The van der Waals surface area contributed by atoms with Crippen LogP contribution in [-0.4, -0.2) is 31.7 Å². The lowest BCUT2D eigenvalue weighted by Gasteiger charge is -2.26. The van der Waals surface area contributed by atoms with Gasteiger partial charge in [-0.1, -0.05) is 6.42 Å². The first-order chi connectivity index (χ1) is 9.50. The maximum atomic E-state index is 12.6. The van der Waals surface area contributed by atoms with E-state index < -0.39 is 10.0 Å². The minimum atomic E-state index is -3.43. The van der Waals surface area contributed by atoms with Gasteiger partial charge in [-0.15, -0.1) is 0 Å². The van der Waals surface area contributed by atoms with Crippen LogP contribution in [0.1, 0.15) is 37.7 Å². The molecule has 0 aromatic heterocycles. The van der Waals surface area contributed by atoms with Crippen LogP contribution in [0, 0.1) is 0 Å². The molecule has 3 rings (SSSR count). The van der Waals surface area contributed by atoms with Crippen molar-refractivity contribution >= 4 is 21.6 Å². The second-order valence-corrected chi connectivity index (χ2v) is 7.36. The molecule has 1 amide bonds. The second kappa shape index (κ2) is 4.86. The van der Waals surface area contributed by atoms with E-state index >= 15 is 0 Å². The van der Waals surface area contributed by atoms with Crippen molar-refractivity contribution < 1.29 is 13.2 Å². The molecule has 1 atom stereocenters.